The van der Waals surface area contributed by atoms with E-state index in [2.05, 4.69) is 4.74 Å². The van der Waals surface area contributed by atoms with Crippen LogP contribution in [0.2, 0.25) is 0 Å². The number of phenols is 3. The molecule has 0 saturated heterocycles. The number of carbonyl (C=O) groups is 3. The third-order valence-corrected chi connectivity index (χ3v) is 3.09. The number of hydrogen-bond acceptors (Lipinski definition) is 10. The summed E-state index contributed by atoms with van der Waals surface area (Å²) in [6.07, 6.45) is -6.75. The predicted molar refractivity (Wildman–Crippen MR) is 76.9 cm³/mol. The number of carboxylic acids is 1. The molecule has 0 fully saturated rings. The molecule has 0 amide bonds. The number of aliphatic hydroxyl groups excluding tert-OH is 2. The van der Waals surface area contributed by atoms with Crippen molar-refractivity contribution >= 4 is 17.9 Å². The molecule has 0 aliphatic rings. The quantitative estimate of drug-likeness (QED) is 0.250. The average molecular weight is 360 g/mol. The molecule has 11 heteroatoms. The van der Waals surface area contributed by atoms with Crippen molar-refractivity contribution in [2.24, 2.45) is 0 Å². The lowest BCUT2D eigenvalue weighted by Crippen LogP contribution is -2.40. The maximum atomic E-state index is 12.0. The molecule has 3 atom stereocenters. The van der Waals surface area contributed by atoms with Gasteiger partial charge in [0.05, 0.1) is 18.8 Å². The largest absolute Gasteiger partial charge is 0.504 e. The number of aliphatic carboxylic acids is 1. The van der Waals surface area contributed by atoms with Crippen molar-refractivity contribution < 1.29 is 54.5 Å². The van der Waals surface area contributed by atoms with E-state index in [-0.39, 0.29) is 0 Å². The Balaban J connectivity index is 2.97. The van der Waals surface area contributed by atoms with Crippen LogP contribution in [0.15, 0.2) is 12.1 Å². The van der Waals surface area contributed by atoms with Gasteiger partial charge in [0.2, 0.25) is 6.10 Å². The van der Waals surface area contributed by atoms with E-state index in [1.807, 2.05) is 0 Å². The lowest BCUT2D eigenvalue weighted by molar-refractivity contribution is -0.160. The molecular formula is C14H16O11. The maximum absolute atomic E-state index is 12.0. The van der Waals surface area contributed by atoms with Crippen LogP contribution in [-0.2, 0) is 19.1 Å². The number of aliphatic hydroxyl groups is 2. The molecule has 0 heterocycles. The van der Waals surface area contributed by atoms with Crippen LogP contribution >= 0.6 is 0 Å². The molecule has 0 unspecified atom stereocenters. The van der Waals surface area contributed by atoms with Crippen LogP contribution in [0.3, 0.4) is 0 Å². The van der Waals surface area contributed by atoms with E-state index >= 15 is 0 Å². The summed E-state index contributed by atoms with van der Waals surface area (Å²) in [4.78, 5) is 34.2. The Morgan fingerprint density at radius 1 is 1.08 bits per heavy atom. The fraction of sp³-hybridized carbons (Fsp3) is 0.357. The van der Waals surface area contributed by atoms with E-state index in [0.29, 0.717) is 0 Å². The molecular weight excluding hydrogens is 344 g/mol. The minimum absolute atomic E-state index is 0.449. The number of hydrogen-bond donors (Lipinski definition) is 6. The molecule has 0 aliphatic carbocycles. The summed E-state index contributed by atoms with van der Waals surface area (Å²) < 4.78 is 9.12. The van der Waals surface area contributed by atoms with Crippen LogP contribution in [0, 0.1) is 0 Å². The average Bonchev–Trinajstić information content (AvgIpc) is 2.56. The van der Waals surface area contributed by atoms with Gasteiger partial charge < -0.3 is 40.1 Å². The number of esters is 2. The molecule has 0 bridgehead atoms. The van der Waals surface area contributed by atoms with Crippen LogP contribution in [0.4, 0.5) is 0 Å². The summed E-state index contributed by atoms with van der Waals surface area (Å²) in [7, 11) is 0.946. The van der Waals surface area contributed by atoms with Crippen LogP contribution in [0.1, 0.15) is 16.8 Å². The van der Waals surface area contributed by atoms with Crippen molar-refractivity contribution in [3.05, 3.63) is 17.7 Å². The zero-order valence-electron chi connectivity index (χ0n) is 12.8. The van der Waals surface area contributed by atoms with Gasteiger partial charge in [-0.2, -0.15) is 0 Å². The summed E-state index contributed by atoms with van der Waals surface area (Å²) >= 11 is 0. The lowest BCUT2D eigenvalue weighted by atomic mass is 10.1. The van der Waals surface area contributed by atoms with E-state index < -0.39 is 65.5 Å². The van der Waals surface area contributed by atoms with Gasteiger partial charge in [-0.1, -0.05) is 0 Å². The van der Waals surface area contributed by atoms with Crippen molar-refractivity contribution in [2.75, 3.05) is 7.11 Å². The predicted octanol–water partition coefficient (Wildman–Crippen LogP) is -1.30. The first kappa shape index (κ1) is 20.0. The number of carbonyl (C=O) groups excluding carboxylic acids is 2. The molecule has 6 N–H and O–H groups in total. The molecule has 0 aliphatic heterocycles. The zero-order chi connectivity index (χ0) is 19.3. The molecule has 0 saturated carbocycles. The highest BCUT2D eigenvalue weighted by Crippen LogP contribution is 2.35. The minimum atomic E-state index is -2.23. The molecule has 138 valence electrons. The van der Waals surface area contributed by atoms with Gasteiger partial charge in [0.1, 0.15) is 0 Å². The standard InChI is InChI=1S/C14H16O11/c1-24-14(23)9(4-8(17)11(19)12(20)21)25-13(22)5-2-6(15)10(18)7(16)3-5/h2-3,8-9,11,15-19H,4H2,1H3,(H,20,21)/t8-,9-,11+/m1/s1. The van der Waals surface area contributed by atoms with Gasteiger partial charge in [0, 0.05) is 6.42 Å². The first-order chi connectivity index (χ1) is 11.6. The van der Waals surface area contributed by atoms with Crippen molar-refractivity contribution in [3.63, 3.8) is 0 Å². The molecule has 11 nitrogen and oxygen atoms in total. The van der Waals surface area contributed by atoms with Crippen molar-refractivity contribution in [3.8, 4) is 17.2 Å². The highest BCUT2D eigenvalue weighted by Gasteiger charge is 2.33. The van der Waals surface area contributed by atoms with E-state index in [0.717, 1.165) is 19.2 Å². The van der Waals surface area contributed by atoms with E-state index in [9.17, 15) is 39.9 Å². The monoisotopic (exact) mass is 360 g/mol. The zero-order valence-corrected chi connectivity index (χ0v) is 12.8. The number of ether oxygens (including phenoxy) is 2. The Morgan fingerprint density at radius 2 is 1.60 bits per heavy atom. The second kappa shape index (κ2) is 8.17. The Labute approximate surface area is 140 Å². The van der Waals surface area contributed by atoms with Gasteiger partial charge in [0.15, 0.2) is 23.4 Å². The van der Waals surface area contributed by atoms with Crippen molar-refractivity contribution in [1.82, 2.24) is 0 Å². The lowest BCUT2D eigenvalue weighted by Gasteiger charge is -2.20. The molecule has 25 heavy (non-hydrogen) atoms. The van der Waals surface area contributed by atoms with Crippen LogP contribution in [0.25, 0.3) is 0 Å². The second-order valence-electron chi connectivity index (χ2n) is 4.87. The highest BCUT2D eigenvalue weighted by atomic mass is 16.6. The Bertz CT molecular complexity index is 646. The summed E-state index contributed by atoms with van der Waals surface area (Å²) in [6, 6.07) is 1.49. The van der Waals surface area contributed by atoms with Gasteiger partial charge in [-0.3, -0.25) is 0 Å². The van der Waals surface area contributed by atoms with Crippen LogP contribution < -0.4 is 0 Å². The Hall–Kier alpha value is -3.05. The molecule has 1 aromatic carbocycles. The van der Waals surface area contributed by atoms with E-state index in [1.54, 1.807) is 0 Å². The van der Waals surface area contributed by atoms with Gasteiger partial charge >= 0.3 is 17.9 Å². The molecule has 0 radical (unpaired) electrons. The maximum Gasteiger partial charge on any atom is 0.347 e. The summed E-state index contributed by atoms with van der Waals surface area (Å²) in [5.74, 6) is -6.68. The number of benzene rings is 1. The van der Waals surface area contributed by atoms with Gasteiger partial charge in [-0.25, -0.2) is 14.4 Å². The topological polar surface area (TPSA) is 191 Å². The summed E-state index contributed by atoms with van der Waals surface area (Å²) in [6.45, 7) is 0. The van der Waals surface area contributed by atoms with Crippen LogP contribution in [0.5, 0.6) is 17.2 Å². The van der Waals surface area contributed by atoms with Gasteiger partial charge in [-0.15, -0.1) is 0 Å². The second-order valence-corrected chi connectivity index (χ2v) is 4.87. The number of phenolic OH excluding ortho intramolecular Hbond substituents is 3. The summed E-state index contributed by atoms with van der Waals surface area (Å²) in [5.41, 5.74) is -0.449. The highest BCUT2D eigenvalue weighted by molar-refractivity contribution is 5.92. The van der Waals surface area contributed by atoms with E-state index in [1.165, 1.54) is 0 Å². The fourth-order valence-corrected chi connectivity index (χ4v) is 1.76. The number of methoxy groups -OCH3 is 1. The first-order valence-electron chi connectivity index (χ1n) is 6.71. The van der Waals surface area contributed by atoms with E-state index in [4.69, 9.17) is 9.84 Å². The Morgan fingerprint density at radius 3 is 2.04 bits per heavy atom. The molecule has 0 aromatic heterocycles. The summed E-state index contributed by atoms with van der Waals surface area (Å²) in [5, 5.41) is 55.3. The number of carboxylic acid groups (broad SMARTS) is 1. The fourth-order valence-electron chi connectivity index (χ4n) is 1.76. The SMILES string of the molecule is COC(=O)[C@@H](C[C@@H](O)[C@H](O)C(=O)O)OC(=O)c1cc(O)c(O)c(O)c1. The molecule has 1 aromatic rings. The van der Waals surface area contributed by atoms with Crippen molar-refractivity contribution in [2.45, 2.75) is 24.7 Å². The normalized spacial score (nSPS) is 14.2. The van der Waals surface area contributed by atoms with Crippen molar-refractivity contribution in [1.29, 1.82) is 0 Å². The van der Waals surface area contributed by atoms with Gasteiger partial charge in [-0.05, 0) is 12.1 Å². The Kier molecular flexibility index (Phi) is 6.53. The number of rotatable bonds is 7. The third kappa shape index (κ3) is 4.96. The molecule has 0 spiro atoms. The van der Waals surface area contributed by atoms with Gasteiger partial charge in [0.25, 0.3) is 0 Å². The minimum Gasteiger partial charge on any atom is -0.504 e. The first-order valence-corrected chi connectivity index (χ1v) is 6.71. The molecule has 1 rings (SSSR count). The number of aromatic hydroxyl groups is 3. The van der Waals surface area contributed by atoms with Crippen LogP contribution in [-0.4, -0.2) is 74.0 Å². The smallest absolute Gasteiger partial charge is 0.347 e. The third-order valence-electron chi connectivity index (χ3n) is 3.09.